The van der Waals surface area contributed by atoms with Gasteiger partial charge in [0.25, 0.3) is 0 Å². The lowest BCUT2D eigenvalue weighted by Crippen LogP contribution is -2.44. The van der Waals surface area contributed by atoms with E-state index in [0.717, 1.165) is 0 Å². The van der Waals surface area contributed by atoms with Gasteiger partial charge in [0.15, 0.2) is 0 Å². The van der Waals surface area contributed by atoms with Crippen molar-refractivity contribution < 1.29 is 44.1 Å². The summed E-state index contributed by atoms with van der Waals surface area (Å²) in [5.41, 5.74) is 0. The van der Waals surface area contributed by atoms with Crippen LogP contribution in [0.5, 0.6) is 0 Å². The SMILES string of the molecule is O=C(O)CC(=O)N(C(=O)CC(=O)O)C(=O)CC(=O)O. The molecule has 0 rings (SSSR count). The van der Waals surface area contributed by atoms with E-state index in [1.54, 1.807) is 0 Å². The van der Waals surface area contributed by atoms with E-state index < -0.39 is 54.9 Å². The Kier molecular flexibility index (Phi) is 5.83. The highest BCUT2D eigenvalue weighted by molar-refractivity contribution is 6.18. The first-order chi connectivity index (χ1) is 8.65. The van der Waals surface area contributed by atoms with E-state index in [-0.39, 0.29) is 4.90 Å². The van der Waals surface area contributed by atoms with E-state index in [4.69, 9.17) is 15.3 Å². The molecule has 3 amide bonds. The minimum absolute atomic E-state index is 0.268. The van der Waals surface area contributed by atoms with Crippen LogP contribution in [0.2, 0.25) is 0 Å². The largest absolute Gasteiger partial charge is 0.481 e. The van der Waals surface area contributed by atoms with Gasteiger partial charge in [-0.05, 0) is 0 Å². The molecule has 0 aromatic heterocycles. The first-order valence-electron chi connectivity index (χ1n) is 4.69. The van der Waals surface area contributed by atoms with Crippen LogP contribution in [0.4, 0.5) is 0 Å². The van der Waals surface area contributed by atoms with Crippen LogP contribution in [-0.4, -0.2) is 55.8 Å². The number of rotatable bonds is 6. The number of carbonyl (C=O) groups is 6. The highest BCUT2D eigenvalue weighted by atomic mass is 16.4. The first kappa shape index (κ1) is 16.2. The highest BCUT2D eigenvalue weighted by Crippen LogP contribution is 2.03. The van der Waals surface area contributed by atoms with Crippen molar-refractivity contribution in [3.05, 3.63) is 0 Å². The van der Waals surface area contributed by atoms with Crippen molar-refractivity contribution in [2.45, 2.75) is 19.3 Å². The fraction of sp³-hybridized carbons (Fsp3) is 0.333. The van der Waals surface area contributed by atoms with Crippen LogP contribution in [-0.2, 0) is 28.8 Å². The van der Waals surface area contributed by atoms with Crippen LogP contribution in [0, 0.1) is 0 Å². The molecule has 0 aromatic rings. The smallest absolute Gasteiger partial charge is 0.312 e. The lowest BCUT2D eigenvalue weighted by Gasteiger charge is -2.16. The van der Waals surface area contributed by atoms with Crippen molar-refractivity contribution >= 4 is 35.6 Å². The normalized spacial score (nSPS) is 9.47. The summed E-state index contributed by atoms with van der Waals surface area (Å²) in [7, 11) is 0. The molecular formula is C9H9NO9. The number of hydrogen-bond donors (Lipinski definition) is 3. The van der Waals surface area contributed by atoms with E-state index in [1.807, 2.05) is 0 Å². The molecule has 0 bridgehead atoms. The number of nitrogens with zero attached hydrogens (tertiary/aromatic N) is 1. The van der Waals surface area contributed by atoms with Gasteiger partial charge in [-0.15, -0.1) is 0 Å². The summed E-state index contributed by atoms with van der Waals surface area (Å²) in [5.74, 6) is -9.44. The second-order valence-electron chi connectivity index (χ2n) is 3.23. The molecule has 0 unspecified atom stereocenters. The molecule has 0 radical (unpaired) electrons. The monoisotopic (exact) mass is 275 g/mol. The molecule has 10 heteroatoms. The predicted octanol–water partition coefficient (Wildman–Crippen LogP) is -1.71. The van der Waals surface area contributed by atoms with Gasteiger partial charge in [0.1, 0.15) is 19.3 Å². The molecule has 10 nitrogen and oxygen atoms in total. The van der Waals surface area contributed by atoms with E-state index >= 15 is 0 Å². The van der Waals surface area contributed by atoms with Gasteiger partial charge < -0.3 is 15.3 Å². The fourth-order valence-electron chi connectivity index (χ4n) is 1.04. The zero-order valence-electron chi connectivity index (χ0n) is 9.36. The van der Waals surface area contributed by atoms with Crippen molar-refractivity contribution in [3.8, 4) is 0 Å². The summed E-state index contributed by atoms with van der Waals surface area (Å²) in [4.78, 5) is 64.6. The van der Waals surface area contributed by atoms with Crippen LogP contribution in [0.15, 0.2) is 0 Å². The van der Waals surface area contributed by atoms with Gasteiger partial charge in [0.05, 0.1) is 0 Å². The van der Waals surface area contributed by atoms with Crippen molar-refractivity contribution in [3.63, 3.8) is 0 Å². The Balaban J connectivity index is 5.12. The molecule has 0 aliphatic heterocycles. The number of carbonyl (C=O) groups excluding carboxylic acids is 3. The zero-order valence-corrected chi connectivity index (χ0v) is 9.36. The van der Waals surface area contributed by atoms with Crippen molar-refractivity contribution in [2.24, 2.45) is 0 Å². The van der Waals surface area contributed by atoms with Gasteiger partial charge in [0, 0.05) is 0 Å². The molecule has 104 valence electrons. The Morgan fingerprint density at radius 2 is 0.789 bits per heavy atom. The maximum absolute atomic E-state index is 11.3. The van der Waals surface area contributed by atoms with Crippen LogP contribution in [0.3, 0.4) is 0 Å². The zero-order chi connectivity index (χ0) is 15.2. The van der Waals surface area contributed by atoms with Gasteiger partial charge in [-0.2, -0.15) is 0 Å². The maximum Gasteiger partial charge on any atom is 0.312 e. The summed E-state index contributed by atoms with van der Waals surface area (Å²) < 4.78 is 0. The van der Waals surface area contributed by atoms with Crippen LogP contribution in [0.25, 0.3) is 0 Å². The van der Waals surface area contributed by atoms with E-state index in [1.165, 1.54) is 0 Å². The molecule has 19 heavy (non-hydrogen) atoms. The number of imide groups is 3. The Hall–Kier alpha value is -2.78. The third-order valence-electron chi connectivity index (χ3n) is 1.66. The Morgan fingerprint density at radius 3 is 0.947 bits per heavy atom. The van der Waals surface area contributed by atoms with E-state index in [9.17, 15) is 28.8 Å². The number of amides is 3. The van der Waals surface area contributed by atoms with Gasteiger partial charge in [-0.25, -0.2) is 4.90 Å². The average Bonchev–Trinajstić information content (AvgIpc) is 2.12. The number of hydrogen-bond acceptors (Lipinski definition) is 6. The molecule has 3 N–H and O–H groups in total. The maximum atomic E-state index is 11.3. The second kappa shape index (κ2) is 6.83. The quantitative estimate of drug-likeness (QED) is 0.478. The minimum atomic E-state index is -1.65. The van der Waals surface area contributed by atoms with Crippen LogP contribution >= 0.6 is 0 Å². The lowest BCUT2D eigenvalue weighted by atomic mass is 10.2. The summed E-state index contributed by atoms with van der Waals surface area (Å²) in [6, 6.07) is 0. The number of carboxylic acid groups (broad SMARTS) is 3. The molecular weight excluding hydrogens is 266 g/mol. The Labute approximate surface area is 105 Å². The minimum Gasteiger partial charge on any atom is -0.481 e. The van der Waals surface area contributed by atoms with Gasteiger partial charge in [0.2, 0.25) is 17.7 Å². The number of carboxylic acids is 3. The predicted molar refractivity (Wildman–Crippen MR) is 53.6 cm³/mol. The molecule has 0 fully saturated rings. The van der Waals surface area contributed by atoms with Crippen molar-refractivity contribution in [2.75, 3.05) is 0 Å². The standard InChI is InChI=1S/C9H9NO9/c11-4(1-7(14)15)10(5(12)2-8(16)17)6(13)3-9(18)19/h1-3H2,(H,14,15)(H,16,17)(H,18,19). The van der Waals surface area contributed by atoms with E-state index in [0.29, 0.717) is 0 Å². The molecule has 0 atom stereocenters. The molecule has 0 aromatic carbocycles. The second-order valence-corrected chi connectivity index (χ2v) is 3.23. The lowest BCUT2D eigenvalue weighted by molar-refractivity contribution is -0.157. The van der Waals surface area contributed by atoms with E-state index in [2.05, 4.69) is 0 Å². The third-order valence-corrected chi connectivity index (χ3v) is 1.66. The number of aliphatic carboxylic acids is 3. The topological polar surface area (TPSA) is 166 Å². The Morgan fingerprint density at radius 1 is 0.579 bits per heavy atom. The molecule has 0 aliphatic rings. The van der Waals surface area contributed by atoms with Gasteiger partial charge in [-0.1, -0.05) is 0 Å². The third kappa shape index (κ3) is 5.91. The summed E-state index contributed by atoms with van der Waals surface area (Å²) >= 11 is 0. The summed E-state index contributed by atoms with van der Waals surface area (Å²) in [5, 5.41) is 25.1. The molecule has 0 saturated heterocycles. The molecule has 0 heterocycles. The molecule has 0 spiro atoms. The van der Waals surface area contributed by atoms with Crippen LogP contribution < -0.4 is 0 Å². The molecule has 0 aliphatic carbocycles. The van der Waals surface area contributed by atoms with Crippen LogP contribution in [0.1, 0.15) is 19.3 Å². The Bertz CT molecular complexity index is 386. The van der Waals surface area contributed by atoms with Gasteiger partial charge in [-0.3, -0.25) is 28.8 Å². The van der Waals surface area contributed by atoms with Crippen molar-refractivity contribution in [1.82, 2.24) is 4.90 Å². The fourth-order valence-corrected chi connectivity index (χ4v) is 1.04. The van der Waals surface area contributed by atoms with Gasteiger partial charge >= 0.3 is 17.9 Å². The summed E-state index contributed by atoms with van der Waals surface area (Å²) in [6.07, 6.45) is -3.72. The average molecular weight is 275 g/mol. The summed E-state index contributed by atoms with van der Waals surface area (Å²) in [6.45, 7) is 0. The first-order valence-corrected chi connectivity index (χ1v) is 4.69. The van der Waals surface area contributed by atoms with Crippen molar-refractivity contribution in [1.29, 1.82) is 0 Å². The molecule has 0 saturated carbocycles. The highest BCUT2D eigenvalue weighted by Gasteiger charge is 2.31.